The standard InChI is InChI=1S/C21H34N4O2/c1-5-22-21(25-12-18(26)14-27-13-15(2)3)23-9-8-17-11-24-20-10-16(4)6-7-19(17)20/h6-7,10-11,15,18,24,26H,5,8-9,12-14H2,1-4H3,(H2,22,23,25). The van der Waals surface area contributed by atoms with E-state index in [0.29, 0.717) is 25.7 Å². The van der Waals surface area contributed by atoms with Gasteiger partial charge in [0, 0.05) is 36.8 Å². The van der Waals surface area contributed by atoms with Gasteiger partial charge in [-0.2, -0.15) is 0 Å². The highest BCUT2D eigenvalue weighted by Crippen LogP contribution is 2.19. The summed E-state index contributed by atoms with van der Waals surface area (Å²) in [5.41, 5.74) is 3.72. The molecule has 6 nitrogen and oxygen atoms in total. The Balaban J connectivity index is 1.82. The zero-order valence-corrected chi connectivity index (χ0v) is 17.0. The number of aromatic nitrogens is 1. The zero-order valence-electron chi connectivity index (χ0n) is 17.0. The number of H-pyrrole nitrogens is 1. The fraction of sp³-hybridized carbons (Fsp3) is 0.571. The van der Waals surface area contributed by atoms with Crippen LogP contribution in [0.1, 0.15) is 31.9 Å². The predicted octanol–water partition coefficient (Wildman–Crippen LogP) is 2.61. The lowest BCUT2D eigenvalue weighted by atomic mass is 10.1. The Morgan fingerprint density at radius 1 is 1.26 bits per heavy atom. The Kier molecular flexibility index (Phi) is 8.61. The maximum Gasteiger partial charge on any atom is 0.191 e. The lowest BCUT2D eigenvalue weighted by Gasteiger charge is -2.14. The number of rotatable bonds is 10. The molecule has 150 valence electrons. The van der Waals surface area contributed by atoms with Crippen LogP contribution >= 0.6 is 0 Å². The lowest BCUT2D eigenvalue weighted by Crippen LogP contribution is -2.39. The second-order valence-electron chi connectivity index (χ2n) is 7.34. The molecule has 0 fully saturated rings. The molecule has 2 rings (SSSR count). The van der Waals surface area contributed by atoms with E-state index in [2.05, 4.69) is 65.8 Å². The minimum Gasteiger partial charge on any atom is -0.389 e. The highest BCUT2D eigenvalue weighted by Gasteiger charge is 2.07. The first-order valence-electron chi connectivity index (χ1n) is 9.84. The van der Waals surface area contributed by atoms with Gasteiger partial charge in [0.1, 0.15) is 0 Å². The van der Waals surface area contributed by atoms with E-state index >= 15 is 0 Å². The number of aliphatic hydroxyl groups is 1. The number of benzene rings is 1. The largest absolute Gasteiger partial charge is 0.389 e. The van der Waals surface area contributed by atoms with E-state index in [1.165, 1.54) is 22.0 Å². The van der Waals surface area contributed by atoms with Gasteiger partial charge in [0.05, 0.1) is 19.3 Å². The summed E-state index contributed by atoms with van der Waals surface area (Å²) in [6.45, 7) is 11.1. The van der Waals surface area contributed by atoms with Crippen molar-refractivity contribution in [1.29, 1.82) is 0 Å². The second-order valence-corrected chi connectivity index (χ2v) is 7.34. The molecule has 0 aliphatic carbocycles. The van der Waals surface area contributed by atoms with Gasteiger partial charge in [0.15, 0.2) is 5.96 Å². The van der Waals surface area contributed by atoms with Crippen LogP contribution in [-0.2, 0) is 11.2 Å². The molecule has 0 saturated heterocycles. The minimum atomic E-state index is -0.587. The van der Waals surface area contributed by atoms with Gasteiger partial charge in [-0.15, -0.1) is 0 Å². The number of nitrogens with zero attached hydrogens (tertiary/aromatic N) is 1. The summed E-state index contributed by atoms with van der Waals surface area (Å²) >= 11 is 0. The third-order valence-electron chi connectivity index (χ3n) is 4.18. The number of nitrogens with one attached hydrogen (secondary N) is 3. The monoisotopic (exact) mass is 374 g/mol. The van der Waals surface area contributed by atoms with E-state index in [-0.39, 0.29) is 0 Å². The third kappa shape index (κ3) is 7.23. The van der Waals surface area contributed by atoms with Gasteiger partial charge in [-0.05, 0) is 43.4 Å². The van der Waals surface area contributed by atoms with E-state index in [9.17, 15) is 5.11 Å². The molecule has 0 saturated carbocycles. The fourth-order valence-corrected chi connectivity index (χ4v) is 2.85. The van der Waals surface area contributed by atoms with Crippen molar-refractivity contribution < 1.29 is 9.84 Å². The predicted molar refractivity (Wildman–Crippen MR) is 112 cm³/mol. The Bertz CT molecular complexity index is 724. The van der Waals surface area contributed by atoms with Gasteiger partial charge in [-0.1, -0.05) is 26.0 Å². The number of aromatic amines is 1. The van der Waals surface area contributed by atoms with Gasteiger partial charge >= 0.3 is 0 Å². The number of hydrogen-bond donors (Lipinski definition) is 4. The molecule has 1 atom stereocenters. The summed E-state index contributed by atoms with van der Waals surface area (Å²) in [6, 6.07) is 6.48. The number of fused-ring (bicyclic) bond motifs is 1. The average molecular weight is 375 g/mol. The van der Waals surface area contributed by atoms with Crippen LogP contribution < -0.4 is 10.6 Å². The van der Waals surface area contributed by atoms with Gasteiger partial charge in [-0.3, -0.25) is 4.99 Å². The Morgan fingerprint density at radius 2 is 2.07 bits per heavy atom. The normalized spacial score (nSPS) is 13.3. The van der Waals surface area contributed by atoms with Gasteiger partial charge in [0.25, 0.3) is 0 Å². The van der Waals surface area contributed by atoms with Crippen LogP contribution in [0.25, 0.3) is 10.9 Å². The van der Waals surface area contributed by atoms with Crippen LogP contribution in [-0.4, -0.2) is 55.0 Å². The van der Waals surface area contributed by atoms with Gasteiger partial charge < -0.3 is 25.5 Å². The summed E-state index contributed by atoms with van der Waals surface area (Å²) in [6.07, 6.45) is 2.38. The van der Waals surface area contributed by atoms with E-state index in [1.807, 2.05) is 6.92 Å². The summed E-state index contributed by atoms with van der Waals surface area (Å²) in [7, 11) is 0. The highest BCUT2D eigenvalue weighted by atomic mass is 16.5. The summed E-state index contributed by atoms with van der Waals surface area (Å²) < 4.78 is 5.46. The Hall–Kier alpha value is -2.05. The molecule has 0 radical (unpaired) electrons. The van der Waals surface area contributed by atoms with E-state index in [1.54, 1.807) is 0 Å². The van der Waals surface area contributed by atoms with Crippen molar-refractivity contribution >= 4 is 16.9 Å². The molecule has 27 heavy (non-hydrogen) atoms. The summed E-state index contributed by atoms with van der Waals surface area (Å²) in [4.78, 5) is 7.80. The van der Waals surface area contributed by atoms with Crippen LogP contribution in [0.5, 0.6) is 0 Å². The quantitative estimate of drug-likeness (QED) is 0.381. The SMILES string of the molecule is CCNC(=NCC(O)COCC(C)C)NCCc1c[nH]c2cc(C)ccc12. The summed E-state index contributed by atoms with van der Waals surface area (Å²) in [5, 5.41) is 17.8. The molecule has 6 heteroatoms. The van der Waals surface area contributed by atoms with Crippen molar-refractivity contribution in [3.63, 3.8) is 0 Å². The zero-order chi connectivity index (χ0) is 19.6. The average Bonchev–Trinajstić information content (AvgIpc) is 3.01. The van der Waals surface area contributed by atoms with Crippen LogP contribution in [0.15, 0.2) is 29.4 Å². The molecule has 0 aliphatic rings. The lowest BCUT2D eigenvalue weighted by molar-refractivity contribution is 0.0301. The highest BCUT2D eigenvalue weighted by molar-refractivity contribution is 5.84. The minimum absolute atomic E-state index is 0.315. The second kappa shape index (κ2) is 10.9. The molecule has 1 aromatic carbocycles. The van der Waals surface area contributed by atoms with Crippen molar-refractivity contribution in [2.24, 2.45) is 10.9 Å². The van der Waals surface area contributed by atoms with E-state index < -0.39 is 6.10 Å². The molecule has 0 amide bonds. The molecule has 0 bridgehead atoms. The van der Waals surface area contributed by atoms with Gasteiger partial charge in [-0.25, -0.2) is 0 Å². The van der Waals surface area contributed by atoms with Crippen molar-refractivity contribution in [2.75, 3.05) is 32.8 Å². The molecule has 1 unspecified atom stereocenters. The number of ether oxygens (including phenoxy) is 1. The van der Waals surface area contributed by atoms with Crippen LogP contribution in [0, 0.1) is 12.8 Å². The van der Waals surface area contributed by atoms with Crippen molar-refractivity contribution in [2.45, 2.75) is 40.2 Å². The number of guanidine groups is 1. The Morgan fingerprint density at radius 3 is 2.81 bits per heavy atom. The molecule has 0 spiro atoms. The number of aliphatic hydroxyl groups excluding tert-OH is 1. The number of aliphatic imine (C=N–C) groups is 1. The maximum absolute atomic E-state index is 10.0. The van der Waals surface area contributed by atoms with Crippen molar-refractivity contribution in [1.82, 2.24) is 15.6 Å². The molecular formula is C21H34N4O2. The van der Waals surface area contributed by atoms with Gasteiger partial charge in [0.2, 0.25) is 0 Å². The summed E-state index contributed by atoms with van der Waals surface area (Å²) in [5.74, 6) is 1.18. The number of aryl methyl sites for hydroxylation is 1. The van der Waals surface area contributed by atoms with Crippen molar-refractivity contribution in [3.8, 4) is 0 Å². The van der Waals surface area contributed by atoms with Crippen LogP contribution in [0.3, 0.4) is 0 Å². The first kappa shape index (κ1) is 21.3. The van der Waals surface area contributed by atoms with E-state index in [4.69, 9.17) is 4.74 Å². The fourth-order valence-electron chi connectivity index (χ4n) is 2.85. The van der Waals surface area contributed by atoms with E-state index in [0.717, 1.165) is 25.5 Å². The third-order valence-corrected chi connectivity index (χ3v) is 4.18. The smallest absolute Gasteiger partial charge is 0.191 e. The molecule has 1 heterocycles. The molecular weight excluding hydrogens is 340 g/mol. The molecule has 1 aromatic heterocycles. The first-order valence-corrected chi connectivity index (χ1v) is 9.84. The van der Waals surface area contributed by atoms with Crippen molar-refractivity contribution in [3.05, 3.63) is 35.5 Å². The first-order chi connectivity index (χ1) is 13.0. The topological polar surface area (TPSA) is 81.7 Å². The van der Waals surface area contributed by atoms with Crippen LogP contribution in [0.4, 0.5) is 0 Å². The number of hydrogen-bond acceptors (Lipinski definition) is 3. The van der Waals surface area contributed by atoms with Crippen LogP contribution in [0.2, 0.25) is 0 Å². The molecule has 0 aliphatic heterocycles. The Labute approximate surface area is 162 Å². The molecule has 4 N–H and O–H groups in total. The maximum atomic E-state index is 10.0. The molecule has 2 aromatic rings.